The number of aromatic nitrogens is 1. The van der Waals surface area contributed by atoms with Crippen molar-refractivity contribution in [2.75, 3.05) is 30.8 Å². The zero-order valence-corrected chi connectivity index (χ0v) is 18.6. The van der Waals surface area contributed by atoms with Crippen LogP contribution in [0.3, 0.4) is 0 Å². The minimum Gasteiger partial charge on any atom is -0.365 e. The molecule has 7 nitrogen and oxygen atoms in total. The lowest BCUT2D eigenvalue weighted by atomic mass is 9.89. The van der Waals surface area contributed by atoms with Crippen LogP contribution in [0.25, 0.3) is 0 Å². The molecule has 2 aromatic rings. The average Bonchev–Trinajstić information content (AvgIpc) is 2.78. The van der Waals surface area contributed by atoms with Crippen LogP contribution in [0.4, 0.5) is 21.7 Å². The highest BCUT2D eigenvalue weighted by Crippen LogP contribution is 2.30. The first-order valence-corrected chi connectivity index (χ1v) is 11.5. The summed E-state index contributed by atoms with van der Waals surface area (Å²) in [7, 11) is 2.15. The second kappa shape index (κ2) is 9.83. The number of carbonyl (C=O) groups is 1. The molecule has 1 aromatic carbocycles. The number of nitrogens with one attached hydrogen (secondary N) is 2. The Kier molecular flexibility index (Phi) is 6.91. The van der Waals surface area contributed by atoms with Gasteiger partial charge in [0.2, 0.25) is 0 Å². The molecule has 1 aromatic heterocycles. The fraction of sp³-hybridized carbons (Fsp3) is 0.500. The number of amides is 1. The van der Waals surface area contributed by atoms with Gasteiger partial charge in [0.15, 0.2) is 11.6 Å². The molecule has 6 N–H and O–H groups in total. The van der Waals surface area contributed by atoms with Crippen molar-refractivity contribution in [3.63, 3.8) is 0 Å². The summed E-state index contributed by atoms with van der Waals surface area (Å²) in [5.74, 6) is -0.469. The Bertz CT molecular complexity index is 942. The van der Waals surface area contributed by atoms with Gasteiger partial charge >= 0.3 is 0 Å². The minimum atomic E-state index is -0.734. The molecule has 1 saturated heterocycles. The Morgan fingerprint density at radius 1 is 1.09 bits per heavy atom. The maximum atomic E-state index is 14.7. The first-order chi connectivity index (χ1) is 15.4. The molecule has 1 saturated carbocycles. The number of hydrogen-bond donors (Lipinski definition) is 4. The van der Waals surface area contributed by atoms with E-state index in [-0.39, 0.29) is 29.3 Å². The summed E-state index contributed by atoms with van der Waals surface area (Å²) in [6, 6.07) is 9.18. The Morgan fingerprint density at radius 3 is 2.44 bits per heavy atom. The van der Waals surface area contributed by atoms with Gasteiger partial charge in [-0.2, -0.15) is 0 Å². The number of anilines is 3. The van der Waals surface area contributed by atoms with Gasteiger partial charge in [-0.3, -0.25) is 4.79 Å². The second-order valence-electron chi connectivity index (χ2n) is 9.10. The Balaban J connectivity index is 1.53. The molecule has 1 aliphatic heterocycles. The normalized spacial score (nSPS) is 22.5. The predicted molar refractivity (Wildman–Crippen MR) is 126 cm³/mol. The summed E-state index contributed by atoms with van der Waals surface area (Å²) in [5, 5.41) is 6.29. The van der Waals surface area contributed by atoms with Gasteiger partial charge in [0.25, 0.3) is 5.91 Å². The van der Waals surface area contributed by atoms with E-state index in [1.54, 1.807) is 0 Å². The fourth-order valence-electron chi connectivity index (χ4n) is 4.70. The third kappa shape index (κ3) is 5.19. The molecule has 2 fully saturated rings. The van der Waals surface area contributed by atoms with E-state index in [0.717, 1.165) is 63.4 Å². The maximum Gasteiger partial charge on any atom is 0.252 e. The van der Waals surface area contributed by atoms with Gasteiger partial charge in [-0.05, 0) is 75.5 Å². The molecule has 32 heavy (non-hydrogen) atoms. The molecule has 2 atom stereocenters. The third-order valence-electron chi connectivity index (χ3n) is 6.75. The van der Waals surface area contributed by atoms with E-state index in [2.05, 4.69) is 39.7 Å². The summed E-state index contributed by atoms with van der Waals surface area (Å²) >= 11 is 0. The van der Waals surface area contributed by atoms with Gasteiger partial charge in [-0.15, -0.1) is 0 Å². The van der Waals surface area contributed by atoms with E-state index < -0.39 is 11.7 Å². The van der Waals surface area contributed by atoms with Gasteiger partial charge in [-0.1, -0.05) is 25.0 Å². The van der Waals surface area contributed by atoms with Gasteiger partial charge in [0.05, 0.1) is 5.56 Å². The number of likely N-dealkylation sites (tertiary alicyclic amines) is 1. The van der Waals surface area contributed by atoms with Crippen molar-refractivity contribution in [1.29, 1.82) is 0 Å². The van der Waals surface area contributed by atoms with Gasteiger partial charge in [-0.25, -0.2) is 9.37 Å². The van der Waals surface area contributed by atoms with Crippen molar-refractivity contribution in [1.82, 2.24) is 9.88 Å². The van der Waals surface area contributed by atoms with E-state index in [9.17, 15) is 9.18 Å². The highest BCUT2D eigenvalue weighted by molar-refractivity contribution is 5.98. The molecule has 0 spiro atoms. The van der Waals surface area contributed by atoms with Crippen molar-refractivity contribution in [3.8, 4) is 0 Å². The third-order valence-corrected chi connectivity index (χ3v) is 6.75. The van der Waals surface area contributed by atoms with Crippen LogP contribution in [0.2, 0.25) is 0 Å². The average molecular weight is 441 g/mol. The molecule has 0 radical (unpaired) electrons. The van der Waals surface area contributed by atoms with E-state index in [4.69, 9.17) is 11.5 Å². The molecule has 0 bridgehead atoms. The summed E-state index contributed by atoms with van der Waals surface area (Å²) in [4.78, 5) is 18.7. The van der Waals surface area contributed by atoms with Crippen molar-refractivity contribution >= 4 is 23.2 Å². The number of primary amides is 1. The Hall–Kier alpha value is -2.71. The van der Waals surface area contributed by atoms with Crippen molar-refractivity contribution < 1.29 is 9.18 Å². The highest BCUT2D eigenvalue weighted by atomic mass is 19.1. The number of carbonyl (C=O) groups excluding carboxylic acids is 1. The smallest absolute Gasteiger partial charge is 0.252 e. The van der Waals surface area contributed by atoms with Crippen molar-refractivity contribution in [2.24, 2.45) is 11.5 Å². The van der Waals surface area contributed by atoms with Gasteiger partial charge < -0.3 is 27.0 Å². The van der Waals surface area contributed by atoms with Gasteiger partial charge in [0, 0.05) is 17.8 Å². The molecule has 172 valence electrons. The second-order valence-corrected chi connectivity index (χ2v) is 9.10. The zero-order valence-electron chi connectivity index (χ0n) is 18.6. The number of rotatable bonds is 6. The van der Waals surface area contributed by atoms with Crippen molar-refractivity contribution in [3.05, 3.63) is 47.3 Å². The number of nitrogens with two attached hydrogens (primary N) is 2. The van der Waals surface area contributed by atoms with E-state index in [1.165, 1.54) is 5.56 Å². The number of nitrogens with zero attached hydrogens (tertiary/aromatic N) is 2. The molecule has 1 unspecified atom stereocenters. The largest absolute Gasteiger partial charge is 0.365 e. The Labute approximate surface area is 188 Å². The van der Waals surface area contributed by atoms with E-state index in [0.29, 0.717) is 5.92 Å². The number of halogens is 1. The summed E-state index contributed by atoms with van der Waals surface area (Å²) in [6.45, 7) is 2.21. The summed E-state index contributed by atoms with van der Waals surface area (Å²) < 4.78 is 14.7. The summed E-state index contributed by atoms with van der Waals surface area (Å²) in [5.41, 5.74) is 13.8. The monoisotopic (exact) mass is 440 g/mol. The topological polar surface area (TPSA) is 109 Å². The lowest BCUT2D eigenvalue weighted by Crippen LogP contribution is -2.43. The van der Waals surface area contributed by atoms with Crippen LogP contribution >= 0.6 is 0 Å². The summed E-state index contributed by atoms with van der Waals surface area (Å²) in [6.07, 6.45) is 6.17. The minimum absolute atomic E-state index is 0.0142. The fourth-order valence-corrected chi connectivity index (χ4v) is 4.70. The zero-order chi connectivity index (χ0) is 22.7. The van der Waals surface area contributed by atoms with Crippen LogP contribution in [0.1, 0.15) is 60.4 Å². The lowest BCUT2D eigenvalue weighted by Gasteiger charge is -2.30. The number of hydrogen-bond acceptors (Lipinski definition) is 6. The predicted octanol–water partition coefficient (Wildman–Crippen LogP) is 3.55. The standard InChI is InChI=1S/C24H33FN6O/c1-31-12-10-16(11-13-31)15-6-8-17(9-7-15)28-23-18(22(27)32)14-19(25)24(30-23)29-21-5-3-2-4-20(21)26/h6-9,14,16,20-21H,2-5,10-13,26H2,1H3,(H2,27,32)(H2,28,29,30)/t20?,21-/m1/s1. The van der Waals surface area contributed by atoms with Gasteiger partial charge in [0.1, 0.15) is 5.82 Å². The molecule has 1 aliphatic carbocycles. The van der Waals surface area contributed by atoms with Crippen LogP contribution in [-0.2, 0) is 0 Å². The molecule has 2 aliphatic rings. The van der Waals surface area contributed by atoms with Crippen LogP contribution in [0.15, 0.2) is 30.3 Å². The number of benzene rings is 1. The first-order valence-electron chi connectivity index (χ1n) is 11.5. The molecule has 1 amide bonds. The first kappa shape index (κ1) is 22.5. The molecule has 2 heterocycles. The van der Waals surface area contributed by atoms with Crippen LogP contribution in [-0.4, -0.2) is 48.0 Å². The van der Waals surface area contributed by atoms with Crippen LogP contribution < -0.4 is 22.1 Å². The van der Waals surface area contributed by atoms with Crippen LogP contribution in [0.5, 0.6) is 0 Å². The molecular weight excluding hydrogens is 407 g/mol. The maximum absolute atomic E-state index is 14.7. The molecular formula is C24H33FN6O. The Morgan fingerprint density at radius 2 is 1.78 bits per heavy atom. The number of pyridine rings is 1. The quantitative estimate of drug-likeness (QED) is 0.547. The molecule has 4 rings (SSSR count). The van der Waals surface area contributed by atoms with Crippen LogP contribution in [0, 0.1) is 5.82 Å². The highest BCUT2D eigenvalue weighted by Gasteiger charge is 2.24. The van der Waals surface area contributed by atoms with E-state index in [1.807, 2.05) is 12.1 Å². The lowest BCUT2D eigenvalue weighted by molar-refractivity contribution is 0.100. The van der Waals surface area contributed by atoms with Crippen molar-refractivity contribution in [2.45, 2.75) is 56.5 Å². The number of piperidine rings is 1. The van der Waals surface area contributed by atoms with E-state index >= 15 is 0 Å². The molecule has 8 heteroatoms. The SMILES string of the molecule is CN1CCC(c2ccc(Nc3nc(N[C@@H]4CCCCC4N)c(F)cc3C(N)=O)cc2)CC1.